The molecule has 1 aliphatic carbocycles. The summed E-state index contributed by atoms with van der Waals surface area (Å²) in [4.78, 5) is 11.1. The highest BCUT2D eigenvalue weighted by atomic mass is 16.1. The molecule has 0 aromatic heterocycles. The number of hydrogen-bond acceptors (Lipinski definition) is 2. The lowest BCUT2D eigenvalue weighted by Crippen LogP contribution is -2.05. The van der Waals surface area contributed by atoms with E-state index in [9.17, 15) is 10.1 Å². The Labute approximate surface area is 152 Å². The van der Waals surface area contributed by atoms with E-state index in [-0.39, 0.29) is 5.91 Å². The molecule has 0 aliphatic heterocycles. The third kappa shape index (κ3) is 2.87. The van der Waals surface area contributed by atoms with Gasteiger partial charge in [0.2, 0.25) is 5.91 Å². The van der Waals surface area contributed by atoms with Crippen LogP contribution in [0.2, 0.25) is 0 Å². The van der Waals surface area contributed by atoms with Gasteiger partial charge in [-0.3, -0.25) is 4.79 Å². The van der Waals surface area contributed by atoms with Crippen molar-refractivity contribution in [3.8, 4) is 6.07 Å². The van der Waals surface area contributed by atoms with Gasteiger partial charge in [-0.15, -0.1) is 0 Å². The second kappa shape index (κ2) is 6.50. The van der Waals surface area contributed by atoms with Gasteiger partial charge in [0, 0.05) is 12.6 Å². The maximum Gasteiger partial charge on any atom is 0.221 e. The number of rotatable bonds is 3. The fourth-order valence-electron chi connectivity index (χ4n) is 3.67. The number of nitrogens with one attached hydrogen (secondary N) is 1. The molecule has 0 unspecified atom stereocenters. The topological polar surface area (TPSA) is 52.9 Å². The van der Waals surface area contributed by atoms with Crippen LogP contribution in [0.25, 0.3) is 22.4 Å². The molecule has 26 heavy (non-hydrogen) atoms. The summed E-state index contributed by atoms with van der Waals surface area (Å²) in [7, 11) is 0. The average molecular weight is 338 g/mol. The lowest BCUT2D eigenvalue weighted by molar-refractivity contribution is -0.114. The Bertz CT molecular complexity index is 1080. The van der Waals surface area contributed by atoms with Crippen LogP contribution >= 0.6 is 0 Å². The molecule has 3 nitrogen and oxygen atoms in total. The summed E-state index contributed by atoms with van der Waals surface area (Å²) in [6.45, 7) is 1.48. The second-order valence-corrected chi connectivity index (χ2v) is 6.58. The zero-order valence-corrected chi connectivity index (χ0v) is 14.5. The van der Waals surface area contributed by atoms with Gasteiger partial charge in [0.15, 0.2) is 0 Å². The SMILES string of the molecule is CC(=O)Nc1ccc(/C(C#N)=C/c2ccc3c4c(cccc24)CC3)cc1. The Kier molecular flexibility index (Phi) is 4.02. The fraction of sp³-hybridized carbons (Fsp3) is 0.130. The first kappa shape index (κ1) is 16.1. The van der Waals surface area contributed by atoms with Crippen LogP contribution < -0.4 is 5.32 Å². The van der Waals surface area contributed by atoms with Crippen LogP contribution in [-0.4, -0.2) is 5.91 Å². The number of anilines is 1. The van der Waals surface area contributed by atoms with Crippen molar-refractivity contribution in [2.45, 2.75) is 19.8 Å². The van der Waals surface area contributed by atoms with Crippen molar-refractivity contribution in [2.24, 2.45) is 0 Å². The Hall–Kier alpha value is -3.38. The number of carbonyl (C=O) groups excluding carboxylic acids is 1. The van der Waals surface area contributed by atoms with Gasteiger partial charge < -0.3 is 5.32 Å². The largest absolute Gasteiger partial charge is 0.326 e. The molecule has 0 saturated heterocycles. The minimum absolute atomic E-state index is 0.110. The quantitative estimate of drug-likeness (QED) is 0.542. The Morgan fingerprint density at radius 3 is 2.46 bits per heavy atom. The summed E-state index contributed by atoms with van der Waals surface area (Å²) < 4.78 is 0. The molecule has 1 N–H and O–H groups in total. The highest BCUT2D eigenvalue weighted by molar-refractivity contribution is 6.01. The van der Waals surface area contributed by atoms with E-state index in [1.807, 2.05) is 30.3 Å². The van der Waals surface area contributed by atoms with E-state index in [0.717, 1.165) is 29.7 Å². The van der Waals surface area contributed by atoms with Gasteiger partial charge in [-0.05, 0) is 64.1 Å². The van der Waals surface area contributed by atoms with Crippen molar-refractivity contribution < 1.29 is 4.79 Å². The molecule has 0 spiro atoms. The number of carbonyl (C=O) groups is 1. The first-order valence-corrected chi connectivity index (χ1v) is 8.69. The predicted octanol–water partition coefficient (Wildman–Crippen LogP) is 4.96. The molecule has 1 amide bonds. The zero-order valence-electron chi connectivity index (χ0n) is 14.5. The maximum absolute atomic E-state index is 11.1. The van der Waals surface area contributed by atoms with Crippen molar-refractivity contribution in [3.63, 3.8) is 0 Å². The van der Waals surface area contributed by atoms with Crippen molar-refractivity contribution in [2.75, 3.05) is 5.32 Å². The number of hydrogen-bond donors (Lipinski definition) is 1. The van der Waals surface area contributed by atoms with Crippen LogP contribution in [-0.2, 0) is 17.6 Å². The minimum Gasteiger partial charge on any atom is -0.326 e. The molecular formula is C23H18N2O. The highest BCUT2D eigenvalue weighted by Crippen LogP contribution is 2.34. The van der Waals surface area contributed by atoms with Crippen molar-refractivity contribution >= 4 is 34.0 Å². The van der Waals surface area contributed by atoms with Crippen molar-refractivity contribution in [1.29, 1.82) is 5.26 Å². The van der Waals surface area contributed by atoms with Crippen LogP contribution in [0.3, 0.4) is 0 Å². The van der Waals surface area contributed by atoms with E-state index in [4.69, 9.17) is 0 Å². The molecule has 3 heteroatoms. The number of nitrogens with zero attached hydrogens (tertiary/aromatic N) is 1. The molecule has 126 valence electrons. The first-order chi connectivity index (χ1) is 12.7. The van der Waals surface area contributed by atoms with Crippen molar-refractivity contribution in [1.82, 2.24) is 0 Å². The summed E-state index contributed by atoms with van der Waals surface area (Å²) in [5.41, 5.74) is 6.03. The van der Waals surface area contributed by atoms with E-state index in [2.05, 4.69) is 41.7 Å². The van der Waals surface area contributed by atoms with Crippen molar-refractivity contribution in [3.05, 3.63) is 76.9 Å². The minimum atomic E-state index is -0.110. The molecular weight excluding hydrogens is 320 g/mol. The number of aryl methyl sites for hydroxylation is 2. The van der Waals surface area contributed by atoms with Gasteiger partial charge in [-0.1, -0.05) is 42.5 Å². The van der Waals surface area contributed by atoms with E-state index < -0.39 is 0 Å². The van der Waals surface area contributed by atoms with Gasteiger partial charge >= 0.3 is 0 Å². The monoisotopic (exact) mass is 338 g/mol. The zero-order chi connectivity index (χ0) is 18.1. The molecule has 0 bridgehead atoms. The summed E-state index contributed by atoms with van der Waals surface area (Å²) in [6.07, 6.45) is 4.14. The number of nitriles is 1. The lowest BCUT2D eigenvalue weighted by Gasteiger charge is -2.07. The molecule has 3 aromatic rings. The predicted molar refractivity (Wildman–Crippen MR) is 106 cm³/mol. The lowest BCUT2D eigenvalue weighted by atomic mass is 9.97. The van der Waals surface area contributed by atoms with Gasteiger partial charge in [0.05, 0.1) is 11.6 Å². The van der Waals surface area contributed by atoms with E-state index in [0.29, 0.717) is 5.57 Å². The van der Waals surface area contributed by atoms with Crippen LogP contribution in [0, 0.1) is 11.3 Å². The number of amides is 1. The van der Waals surface area contributed by atoms with Crippen LogP contribution in [0.1, 0.15) is 29.2 Å². The second-order valence-electron chi connectivity index (χ2n) is 6.58. The van der Waals surface area contributed by atoms with Gasteiger partial charge in [-0.2, -0.15) is 5.26 Å². The summed E-state index contributed by atoms with van der Waals surface area (Å²) in [5.74, 6) is -0.110. The van der Waals surface area contributed by atoms with E-state index >= 15 is 0 Å². The molecule has 1 aliphatic rings. The molecule has 0 atom stereocenters. The van der Waals surface area contributed by atoms with Gasteiger partial charge in [-0.25, -0.2) is 0 Å². The van der Waals surface area contributed by atoms with Crippen LogP contribution in [0.5, 0.6) is 0 Å². The number of benzene rings is 3. The third-order valence-corrected chi connectivity index (χ3v) is 4.85. The smallest absolute Gasteiger partial charge is 0.221 e. The Morgan fingerprint density at radius 2 is 1.77 bits per heavy atom. The normalized spacial score (nSPS) is 12.8. The molecule has 3 aromatic carbocycles. The summed E-state index contributed by atoms with van der Waals surface area (Å²) in [5, 5.41) is 15.0. The summed E-state index contributed by atoms with van der Waals surface area (Å²) >= 11 is 0. The van der Waals surface area contributed by atoms with E-state index in [1.165, 1.54) is 28.8 Å². The first-order valence-electron chi connectivity index (χ1n) is 8.69. The maximum atomic E-state index is 11.1. The van der Waals surface area contributed by atoms with Gasteiger partial charge in [0.25, 0.3) is 0 Å². The van der Waals surface area contributed by atoms with E-state index in [1.54, 1.807) is 0 Å². The van der Waals surface area contributed by atoms with Crippen LogP contribution in [0.15, 0.2) is 54.6 Å². The third-order valence-electron chi connectivity index (χ3n) is 4.85. The Balaban J connectivity index is 1.76. The highest BCUT2D eigenvalue weighted by Gasteiger charge is 2.15. The molecule has 4 rings (SSSR count). The molecule has 0 heterocycles. The molecule has 0 radical (unpaired) electrons. The standard InChI is InChI=1S/C23H18N2O/c1-15(26)25-21-11-9-16(10-12-21)20(14-24)13-19-8-7-18-6-5-17-3-2-4-22(19)23(17)18/h2-4,7-13H,5-6H2,1H3,(H,25,26)/b20-13+. The fourth-order valence-corrected chi connectivity index (χ4v) is 3.67. The Morgan fingerprint density at radius 1 is 1.04 bits per heavy atom. The average Bonchev–Trinajstić information content (AvgIpc) is 3.07. The van der Waals surface area contributed by atoms with Crippen LogP contribution in [0.4, 0.5) is 5.69 Å². The molecule has 0 saturated carbocycles. The summed E-state index contributed by atoms with van der Waals surface area (Å²) in [6, 6.07) is 20.4. The number of allylic oxidation sites excluding steroid dienone is 1. The molecule has 0 fully saturated rings. The van der Waals surface area contributed by atoms with Gasteiger partial charge in [0.1, 0.15) is 0 Å².